The first kappa shape index (κ1) is 27.1. The molecule has 1 aromatic heterocycles. The Labute approximate surface area is 227 Å². The van der Waals surface area contributed by atoms with Gasteiger partial charge in [0.05, 0.1) is 30.2 Å². The third kappa shape index (κ3) is 4.64. The Balaban J connectivity index is 1.45. The lowest BCUT2D eigenvalue weighted by molar-refractivity contribution is -0.148. The number of amides is 2. The topological polar surface area (TPSA) is 130 Å². The molecular weight excluding hydrogens is 501 g/mol. The fourth-order valence-corrected chi connectivity index (χ4v) is 5.76. The van der Waals surface area contributed by atoms with E-state index in [1.807, 2.05) is 38.1 Å². The molecule has 2 aliphatic heterocycles. The number of aliphatic hydroxyl groups is 1. The molecular formula is C29H36FN5O4. The predicted molar refractivity (Wildman–Crippen MR) is 143 cm³/mol. The normalized spacial score (nSPS) is 32.0. The summed E-state index contributed by atoms with van der Waals surface area (Å²) in [7, 11) is 0. The van der Waals surface area contributed by atoms with Crippen molar-refractivity contribution < 1.29 is 23.8 Å². The Morgan fingerprint density at radius 1 is 1.28 bits per heavy atom. The molecule has 1 saturated carbocycles. The summed E-state index contributed by atoms with van der Waals surface area (Å²) >= 11 is 0. The van der Waals surface area contributed by atoms with Crippen LogP contribution in [0, 0.1) is 17.7 Å². The summed E-state index contributed by atoms with van der Waals surface area (Å²) in [5.41, 5.74) is 4.47. The number of ether oxygens (including phenoxy) is 1. The van der Waals surface area contributed by atoms with Crippen LogP contribution in [-0.4, -0.2) is 49.5 Å². The average molecular weight is 538 g/mol. The standard InChI is InChI=1S/C29H36FN5O4/c1-6-28(4)13-22(36)35(26(31)34-28)23(16-11-17(30)15-32-14-16)19-12-20(19)25(37)33-24-18-9-7-8-10-21(18)39-27(2,3)29(24,5)38/h7-11,14-15,19-20,23-24,38H,6,12-13H2,1-5H3,(H2,31,34)(H,33,37)/t19-,20-,23?,24+,28-,29?/m0/s1. The zero-order chi connectivity index (χ0) is 28.3. The van der Waals surface area contributed by atoms with Crippen LogP contribution >= 0.6 is 0 Å². The van der Waals surface area contributed by atoms with Crippen molar-refractivity contribution in [2.75, 3.05) is 0 Å². The van der Waals surface area contributed by atoms with Crippen LogP contribution in [0.25, 0.3) is 0 Å². The Hall–Kier alpha value is -3.53. The van der Waals surface area contributed by atoms with Gasteiger partial charge in [-0.15, -0.1) is 0 Å². The van der Waals surface area contributed by atoms with Crippen LogP contribution in [0.1, 0.15) is 77.1 Å². The molecule has 39 heavy (non-hydrogen) atoms. The minimum atomic E-state index is -1.42. The molecule has 1 aliphatic carbocycles. The van der Waals surface area contributed by atoms with Gasteiger partial charge in [-0.25, -0.2) is 9.38 Å². The number of benzene rings is 1. The fraction of sp³-hybridized carbons (Fsp3) is 0.517. The van der Waals surface area contributed by atoms with Crippen LogP contribution in [0.4, 0.5) is 4.39 Å². The number of carbonyl (C=O) groups is 2. The molecule has 0 spiro atoms. The Morgan fingerprint density at radius 2 is 2.00 bits per heavy atom. The van der Waals surface area contributed by atoms with E-state index in [0.29, 0.717) is 29.7 Å². The lowest BCUT2D eigenvalue weighted by Gasteiger charge is -2.49. The highest BCUT2D eigenvalue weighted by molar-refractivity contribution is 5.99. The largest absolute Gasteiger partial charge is 0.484 e. The molecule has 0 bridgehead atoms. The van der Waals surface area contributed by atoms with Crippen LogP contribution in [-0.2, 0) is 9.59 Å². The molecule has 9 nitrogen and oxygen atoms in total. The molecule has 6 atom stereocenters. The van der Waals surface area contributed by atoms with Gasteiger partial charge in [0.2, 0.25) is 11.8 Å². The molecule has 4 N–H and O–H groups in total. The van der Waals surface area contributed by atoms with Gasteiger partial charge in [0.15, 0.2) is 5.96 Å². The van der Waals surface area contributed by atoms with Crippen molar-refractivity contribution in [3.8, 4) is 5.75 Å². The molecule has 10 heteroatoms. The summed E-state index contributed by atoms with van der Waals surface area (Å²) in [6.07, 6.45) is 3.83. The van der Waals surface area contributed by atoms with Gasteiger partial charge in [0, 0.05) is 17.7 Å². The zero-order valence-corrected chi connectivity index (χ0v) is 22.9. The molecule has 1 aromatic carbocycles. The highest BCUT2D eigenvalue weighted by Crippen LogP contribution is 2.52. The molecule has 3 aliphatic rings. The van der Waals surface area contributed by atoms with E-state index in [0.717, 1.165) is 6.20 Å². The maximum Gasteiger partial charge on any atom is 0.232 e. The number of fused-ring (bicyclic) bond motifs is 1. The Kier molecular flexibility index (Phi) is 6.44. The number of aromatic nitrogens is 1. The van der Waals surface area contributed by atoms with Gasteiger partial charge < -0.3 is 20.9 Å². The number of guanidine groups is 1. The summed E-state index contributed by atoms with van der Waals surface area (Å²) in [6, 6.07) is 7.19. The number of halogens is 1. The van der Waals surface area contributed by atoms with Crippen LogP contribution in [0.5, 0.6) is 5.75 Å². The quantitative estimate of drug-likeness (QED) is 0.518. The van der Waals surface area contributed by atoms with Crippen LogP contribution in [0.3, 0.4) is 0 Å². The number of para-hydroxylation sites is 1. The molecule has 208 valence electrons. The SMILES string of the molecule is CC[C@@]1(C)CC(=O)N(C(c2cncc(F)c2)[C@H]2C[C@@H]2C(=O)N[C@@H]2c3ccccc3OC(C)(C)C2(C)O)C(N)=N1. The minimum absolute atomic E-state index is 0.0546. The van der Waals surface area contributed by atoms with Crippen molar-refractivity contribution in [1.82, 2.24) is 15.2 Å². The number of nitrogens with zero attached hydrogens (tertiary/aromatic N) is 3. The van der Waals surface area contributed by atoms with E-state index in [1.165, 1.54) is 17.2 Å². The van der Waals surface area contributed by atoms with E-state index < -0.39 is 40.6 Å². The number of aliphatic imine (C=N–C) groups is 1. The number of carbonyl (C=O) groups excluding carboxylic acids is 2. The second-order valence-corrected chi connectivity index (χ2v) is 11.9. The van der Waals surface area contributed by atoms with E-state index in [1.54, 1.807) is 20.8 Å². The number of hydrogen-bond acceptors (Lipinski definition) is 7. The second-order valence-electron chi connectivity index (χ2n) is 11.9. The number of nitrogens with one attached hydrogen (secondary N) is 1. The summed E-state index contributed by atoms with van der Waals surface area (Å²) in [5, 5.41) is 14.6. The monoisotopic (exact) mass is 537 g/mol. The maximum atomic E-state index is 14.3. The number of rotatable bonds is 6. The average Bonchev–Trinajstić information content (AvgIpc) is 3.64. The summed E-state index contributed by atoms with van der Waals surface area (Å²) in [6.45, 7) is 9.03. The van der Waals surface area contributed by atoms with Gasteiger partial charge in [0.1, 0.15) is 22.8 Å². The highest BCUT2D eigenvalue weighted by Gasteiger charge is 2.57. The third-order valence-electron chi connectivity index (χ3n) is 8.78. The van der Waals surface area contributed by atoms with Crippen molar-refractivity contribution in [3.63, 3.8) is 0 Å². The van der Waals surface area contributed by atoms with Crippen molar-refractivity contribution >= 4 is 17.8 Å². The fourth-order valence-electron chi connectivity index (χ4n) is 5.76. The first-order valence-electron chi connectivity index (χ1n) is 13.4. The second kappa shape index (κ2) is 9.29. The molecule has 0 radical (unpaired) electrons. The van der Waals surface area contributed by atoms with Crippen molar-refractivity contribution in [2.24, 2.45) is 22.6 Å². The van der Waals surface area contributed by atoms with Crippen LogP contribution in [0.2, 0.25) is 0 Å². The molecule has 2 aromatic rings. The highest BCUT2D eigenvalue weighted by atomic mass is 19.1. The first-order valence-corrected chi connectivity index (χ1v) is 13.4. The predicted octanol–water partition coefficient (Wildman–Crippen LogP) is 3.39. The first-order chi connectivity index (χ1) is 18.3. The summed E-state index contributed by atoms with van der Waals surface area (Å²) in [4.78, 5) is 37.1. The van der Waals surface area contributed by atoms with Crippen molar-refractivity contribution in [2.45, 2.75) is 82.7 Å². The van der Waals surface area contributed by atoms with E-state index >= 15 is 0 Å². The van der Waals surface area contributed by atoms with E-state index in [9.17, 15) is 19.1 Å². The van der Waals surface area contributed by atoms with Gasteiger partial charge in [-0.1, -0.05) is 25.1 Å². The zero-order valence-electron chi connectivity index (χ0n) is 22.9. The number of hydrogen-bond donors (Lipinski definition) is 3. The summed E-state index contributed by atoms with van der Waals surface area (Å²) < 4.78 is 20.3. The Bertz CT molecular complexity index is 1340. The van der Waals surface area contributed by atoms with E-state index in [-0.39, 0.29) is 30.1 Å². The third-order valence-corrected chi connectivity index (χ3v) is 8.78. The van der Waals surface area contributed by atoms with Gasteiger partial charge in [0.25, 0.3) is 0 Å². The molecule has 2 amide bonds. The van der Waals surface area contributed by atoms with Gasteiger partial charge in [-0.3, -0.25) is 19.5 Å². The Morgan fingerprint density at radius 3 is 2.67 bits per heavy atom. The molecule has 2 unspecified atom stereocenters. The van der Waals surface area contributed by atoms with Crippen molar-refractivity contribution in [1.29, 1.82) is 0 Å². The number of pyridine rings is 1. The smallest absolute Gasteiger partial charge is 0.232 e. The molecule has 0 saturated heterocycles. The molecule has 1 fully saturated rings. The lowest BCUT2D eigenvalue weighted by atomic mass is 9.75. The van der Waals surface area contributed by atoms with Gasteiger partial charge in [-0.2, -0.15) is 0 Å². The van der Waals surface area contributed by atoms with Crippen molar-refractivity contribution in [3.05, 3.63) is 59.7 Å². The minimum Gasteiger partial charge on any atom is -0.484 e. The summed E-state index contributed by atoms with van der Waals surface area (Å²) in [5.74, 6) is -1.23. The maximum absolute atomic E-state index is 14.3. The van der Waals surface area contributed by atoms with E-state index in [2.05, 4.69) is 15.3 Å². The molecule has 3 heterocycles. The van der Waals surface area contributed by atoms with Gasteiger partial charge >= 0.3 is 0 Å². The van der Waals surface area contributed by atoms with Gasteiger partial charge in [-0.05, 0) is 64.2 Å². The number of nitrogens with two attached hydrogens (primary N) is 1. The van der Waals surface area contributed by atoms with E-state index in [4.69, 9.17) is 10.5 Å². The lowest BCUT2D eigenvalue weighted by Crippen LogP contribution is -2.62. The van der Waals surface area contributed by atoms with Crippen LogP contribution in [0.15, 0.2) is 47.7 Å². The molecule has 5 rings (SSSR count). The van der Waals surface area contributed by atoms with Crippen LogP contribution < -0.4 is 15.8 Å².